The van der Waals surface area contributed by atoms with Crippen molar-refractivity contribution in [2.45, 2.75) is 27.2 Å². The van der Waals surface area contributed by atoms with Crippen LogP contribution in [-0.4, -0.2) is 25.8 Å². The van der Waals surface area contributed by atoms with Gasteiger partial charge in [-0.2, -0.15) is 12.7 Å². The molecule has 1 heterocycles. The minimum absolute atomic E-state index is 0.163. The zero-order chi connectivity index (χ0) is 10.3. The van der Waals surface area contributed by atoms with Gasteiger partial charge in [-0.1, -0.05) is 20.8 Å². The van der Waals surface area contributed by atoms with Crippen molar-refractivity contribution in [3.63, 3.8) is 0 Å². The summed E-state index contributed by atoms with van der Waals surface area (Å²) in [6.07, 6.45) is 0.912. The molecule has 1 fully saturated rings. The Morgan fingerprint density at radius 1 is 1.38 bits per heavy atom. The van der Waals surface area contributed by atoms with Crippen LogP contribution in [0.15, 0.2) is 0 Å². The fraction of sp³-hybridized carbons (Fsp3) is 1.00. The molecule has 0 radical (unpaired) electrons. The van der Waals surface area contributed by atoms with Gasteiger partial charge in [0, 0.05) is 23.8 Å². The van der Waals surface area contributed by atoms with E-state index in [1.54, 1.807) is 0 Å². The first-order valence-electron chi connectivity index (χ1n) is 4.41. The molecule has 78 valence electrons. The second-order valence-corrected chi connectivity index (χ2v) is 7.16. The SMILES string of the molecule is CC(C)(C)C1CCN(S(=O)(=O)Cl)C1. The molecule has 1 aliphatic rings. The Morgan fingerprint density at radius 2 is 1.92 bits per heavy atom. The van der Waals surface area contributed by atoms with E-state index in [1.807, 2.05) is 0 Å². The molecule has 0 bridgehead atoms. The van der Waals surface area contributed by atoms with Crippen LogP contribution >= 0.6 is 10.7 Å². The van der Waals surface area contributed by atoms with Gasteiger partial charge >= 0.3 is 0 Å². The summed E-state index contributed by atoms with van der Waals surface area (Å²) >= 11 is 0. The van der Waals surface area contributed by atoms with Gasteiger partial charge in [0.2, 0.25) is 0 Å². The first kappa shape index (κ1) is 11.3. The third-order valence-electron chi connectivity index (χ3n) is 2.68. The van der Waals surface area contributed by atoms with E-state index >= 15 is 0 Å². The zero-order valence-corrected chi connectivity index (χ0v) is 9.82. The summed E-state index contributed by atoms with van der Waals surface area (Å²) in [5, 5.41) is 0. The Morgan fingerprint density at radius 3 is 2.15 bits per heavy atom. The van der Waals surface area contributed by atoms with E-state index in [2.05, 4.69) is 20.8 Å². The Kier molecular flexibility index (Phi) is 2.95. The molecule has 0 spiro atoms. The molecule has 0 aliphatic carbocycles. The van der Waals surface area contributed by atoms with Crippen LogP contribution in [0.5, 0.6) is 0 Å². The average Bonchev–Trinajstić information content (AvgIpc) is 2.28. The molecule has 1 unspecified atom stereocenters. The molecule has 0 N–H and O–H groups in total. The van der Waals surface area contributed by atoms with Gasteiger partial charge < -0.3 is 0 Å². The van der Waals surface area contributed by atoms with Crippen molar-refractivity contribution in [2.24, 2.45) is 11.3 Å². The third-order valence-corrected chi connectivity index (χ3v) is 4.22. The lowest BCUT2D eigenvalue weighted by Gasteiger charge is -2.26. The summed E-state index contributed by atoms with van der Waals surface area (Å²) in [5.41, 5.74) is 0.163. The first-order chi connectivity index (χ1) is 5.71. The second-order valence-electron chi connectivity index (χ2n) is 4.65. The second kappa shape index (κ2) is 3.41. The standard InChI is InChI=1S/C8H16ClNO2S/c1-8(2,3)7-4-5-10(6-7)13(9,11)12/h7H,4-6H2,1-3H3. The molecular weight excluding hydrogens is 210 g/mol. The maximum Gasteiger partial charge on any atom is 0.299 e. The summed E-state index contributed by atoms with van der Waals surface area (Å²) in [6, 6.07) is 0. The molecular formula is C8H16ClNO2S. The fourth-order valence-corrected chi connectivity index (χ4v) is 2.69. The van der Waals surface area contributed by atoms with Crippen LogP contribution < -0.4 is 0 Å². The van der Waals surface area contributed by atoms with Crippen molar-refractivity contribution >= 4 is 19.9 Å². The average molecular weight is 226 g/mol. The van der Waals surface area contributed by atoms with E-state index < -0.39 is 9.24 Å². The highest BCUT2D eigenvalue weighted by Crippen LogP contribution is 2.34. The van der Waals surface area contributed by atoms with Gasteiger partial charge in [0.05, 0.1) is 0 Å². The molecule has 0 aromatic rings. The maximum atomic E-state index is 11.0. The van der Waals surface area contributed by atoms with Crippen molar-refractivity contribution in [3.8, 4) is 0 Å². The van der Waals surface area contributed by atoms with Crippen LogP contribution in [0.4, 0.5) is 0 Å². The smallest absolute Gasteiger partial charge is 0.195 e. The van der Waals surface area contributed by atoms with Crippen LogP contribution in [0.1, 0.15) is 27.2 Å². The highest BCUT2D eigenvalue weighted by Gasteiger charge is 2.36. The van der Waals surface area contributed by atoms with Crippen LogP contribution in [0, 0.1) is 11.3 Å². The highest BCUT2D eigenvalue weighted by molar-refractivity contribution is 8.11. The molecule has 1 aliphatic heterocycles. The Labute approximate surface area is 84.6 Å². The molecule has 1 saturated heterocycles. The van der Waals surface area contributed by atoms with E-state index in [0.717, 1.165) is 6.42 Å². The maximum absolute atomic E-state index is 11.0. The van der Waals surface area contributed by atoms with Crippen molar-refractivity contribution in [3.05, 3.63) is 0 Å². The largest absolute Gasteiger partial charge is 0.299 e. The van der Waals surface area contributed by atoms with E-state index in [1.165, 1.54) is 4.31 Å². The molecule has 0 aromatic carbocycles. The molecule has 0 aromatic heterocycles. The fourth-order valence-electron chi connectivity index (χ4n) is 1.63. The lowest BCUT2D eigenvalue weighted by molar-refractivity contribution is 0.252. The van der Waals surface area contributed by atoms with Gasteiger partial charge in [0.25, 0.3) is 9.24 Å². The molecule has 13 heavy (non-hydrogen) atoms. The predicted octanol–water partition coefficient (Wildman–Crippen LogP) is 1.84. The third kappa shape index (κ3) is 2.82. The topological polar surface area (TPSA) is 37.4 Å². The van der Waals surface area contributed by atoms with Gasteiger partial charge in [-0.15, -0.1) is 0 Å². The monoisotopic (exact) mass is 225 g/mol. The van der Waals surface area contributed by atoms with Gasteiger partial charge in [0.1, 0.15) is 0 Å². The number of hydrogen-bond donors (Lipinski definition) is 0. The van der Waals surface area contributed by atoms with E-state index in [0.29, 0.717) is 19.0 Å². The Bertz CT molecular complexity index is 281. The van der Waals surface area contributed by atoms with Crippen molar-refractivity contribution in [1.29, 1.82) is 0 Å². The van der Waals surface area contributed by atoms with Crippen molar-refractivity contribution in [1.82, 2.24) is 4.31 Å². The number of rotatable bonds is 1. The molecule has 0 saturated carbocycles. The van der Waals surface area contributed by atoms with Crippen LogP contribution in [0.25, 0.3) is 0 Å². The van der Waals surface area contributed by atoms with Crippen molar-refractivity contribution < 1.29 is 8.42 Å². The number of nitrogens with zero attached hydrogens (tertiary/aromatic N) is 1. The summed E-state index contributed by atoms with van der Waals surface area (Å²) < 4.78 is 23.3. The van der Waals surface area contributed by atoms with E-state index in [4.69, 9.17) is 10.7 Å². The molecule has 5 heteroatoms. The molecule has 1 rings (SSSR count). The minimum Gasteiger partial charge on any atom is -0.195 e. The molecule has 1 atom stereocenters. The lowest BCUT2D eigenvalue weighted by atomic mass is 9.80. The minimum atomic E-state index is -3.49. The van der Waals surface area contributed by atoms with Gasteiger partial charge in [0.15, 0.2) is 0 Å². The van der Waals surface area contributed by atoms with Crippen LogP contribution in [-0.2, 0) is 9.24 Å². The Hall–Kier alpha value is 0.200. The number of halogens is 1. The first-order valence-corrected chi connectivity index (χ1v) is 6.67. The Balaban J connectivity index is 2.66. The zero-order valence-electron chi connectivity index (χ0n) is 8.25. The molecule has 3 nitrogen and oxygen atoms in total. The lowest BCUT2D eigenvalue weighted by Crippen LogP contribution is -2.28. The van der Waals surface area contributed by atoms with E-state index in [-0.39, 0.29) is 5.41 Å². The summed E-state index contributed by atoms with van der Waals surface area (Å²) in [4.78, 5) is 0. The summed E-state index contributed by atoms with van der Waals surface area (Å²) in [6.45, 7) is 7.51. The van der Waals surface area contributed by atoms with Gasteiger partial charge in [-0.05, 0) is 17.8 Å². The number of hydrogen-bond acceptors (Lipinski definition) is 2. The predicted molar refractivity (Wildman–Crippen MR) is 53.9 cm³/mol. The van der Waals surface area contributed by atoms with Crippen LogP contribution in [0.2, 0.25) is 0 Å². The van der Waals surface area contributed by atoms with Crippen molar-refractivity contribution in [2.75, 3.05) is 13.1 Å². The molecule has 0 amide bonds. The van der Waals surface area contributed by atoms with E-state index in [9.17, 15) is 8.42 Å². The quantitative estimate of drug-likeness (QED) is 0.639. The van der Waals surface area contributed by atoms with Gasteiger partial charge in [-0.3, -0.25) is 0 Å². The summed E-state index contributed by atoms with van der Waals surface area (Å²) in [5.74, 6) is 0.418. The normalized spacial score (nSPS) is 26.6. The summed E-state index contributed by atoms with van der Waals surface area (Å²) in [7, 11) is 1.76. The van der Waals surface area contributed by atoms with Gasteiger partial charge in [-0.25, -0.2) is 0 Å². The highest BCUT2D eigenvalue weighted by atomic mass is 35.7. The van der Waals surface area contributed by atoms with Crippen LogP contribution in [0.3, 0.4) is 0 Å².